The first-order chi connectivity index (χ1) is 12.2. The van der Waals surface area contributed by atoms with Gasteiger partial charge in [0.1, 0.15) is 5.69 Å². The van der Waals surface area contributed by atoms with Gasteiger partial charge < -0.3 is 9.88 Å². The average molecular weight is 353 g/mol. The van der Waals surface area contributed by atoms with E-state index in [1.807, 2.05) is 26.1 Å². The molecule has 2 heterocycles. The van der Waals surface area contributed by atoms with Crippen molar-refractivity contribution in [3.8, 4) is 0 Å². The minimum absolute atomic E-state index is 0.0302. The number of rotatable bonds is 4. The highest BCUT2D eigenvalue weighted by atomic mass is 16.2. The van der Waals surface area contributed by atoms with Crippen molar-refractivity contribution in [1.29, 1.82) is 0 Å². The van der Waals surface area contributed by atoms with Gasteiger partial charge in [0.15, 0.2) is 5.78 Å². The Balaban J connectivity index is 1.94. The van der Waals surface area contributed by atoms with E-state index < -0.39 is 0 Å². The van der Waals surface area contributed by atoms with E-state index in [0.29, 0.717) is 12.1 Å². The standard InChI is InChI=1S/C21H27N3O2/c1-6-16(14-7-9-22-10-8-14)24(5)20(26)19-13(2)18-15(23-19)11-21(3,4)12-17(18)25/h7-10,16,23H,6,11-12H2,1-5H3/t16-/m1/s1. The predicted molar refractivity (Wildman–Crippen MR) is 101 cm³/mol. The monoisotopic (exact) mass is 353 g/mol. The van der Waals surface area contributed by atoms with Gasteiger partial charge in [-0.2, -0.15) is 0 Å². The highest BCUT2D eigenvalue weighted by molar-refractivity contribution is 6.04. The third-order valence-electron chi connectivity index (χ3n) is 5.38. The van der Waals surface area contributed by atoms with Gasteiger partial charge in [-0.3, -0.25) is 14.6 Å². The van der Waals surface area contributed by atoms with E-state index in [4.69, 9.17) is 0 Å². The Morgan fingerprint density at radius 1 is 1.31 bits per heavy atom. The van der Waals surface area contributed by atoms with Gasteiger partial charge in [0.05, 0.1) is 6.04 Å². The molecule has 0 bridgehead atoms. The van der Waals surface area contributed by atoms with Gasteiger partial charge in [-0.15, -0.1) is 0 Å². The van der Waals surface area contributed by atoms with Crippen LogP contribution in [0.25, 0.3) is 0 Å². The van der Waals surface area contributed by atoms with E-state index in [1.54, 1.807) is 17.3 Å². The Kier molecular flexibility index (Phi) is 4.74. The number of Topliss-reactive ketones (excluding diaryl/α,β-unsaturated/α-hetero) is 1. The minimum atomic E-state index is -0.0776. The lowest BCUT2D eigenvalue weighted by molar-refractivity contribution is 0.0719. The second-order valence-corrected chi connectivity index (χ2v) is 8.04. The van der Waals surface area contributed by atoms with Crippen LogP contribution in [0.5, 0.6) is 0 Å². The number of aromatic nitrogens is 2. The largest absolute Gasteiger partial charge is 0.354 e. The summed E-state index contributed by atoms with van der Waals surface area (Å²) in [7, 11) is 1.82. The Bertz CT molecular complexity index is 836. The molecule has 1 amide bonds. The summed E-state index contributed by atoms with van der Waals surface area (Å²) in [6.45, 7) is 8.12. The van der Waals surface area contributed by atoms with Crippen molar-refractivity contribution in [1.82, 2.24) is 14.9 Å². The van der Waals surface area contributed by atoms with Crippen LogP contribution in [0, 0.1) is 12.3 Å². The molecule has 0 spiro atoms. The molecule has 3 rings (SSSR count). The molecule has 2 aromatic heterocycles. The molecule has 26 heavy (non-hydrogen) atoms. The van der Waals surface area contributed by atoms with Crippen molar-refractivity contribution in [2.45, 2.75) is 53.0 Å². The van der Waals surface area contributed by atoms with Crippen LogP contribution in [-0.2, 0) is 6.42 Å². The maximum atomic E-state index is 13.2. The molecule has 1 atom stereocenters. The minimum Gasteiger partial charge on any atom is -0.354 e. The lowest BCUT2D eigenvalue weighted by Crippen LogP contribution is -2.31. The van der Waals surface area contributed by atoms with Gasteiger partial charge in [-0.1, -0.05) is 20.8 Å². The molecule has 0 fully saturated rings. The van der Waals surface area contributed by atoms with Gasteiger partial charge in [0.25, 0.3) is 5.91 Å². The lowest BCUT2D eigenvalue weighted by Gasteiger charge is -2.28. The molecule has 0 aromatic carbocycles. The van der Waals surface area contributed by atoms with Crippen LogP contribution in [0.15, 0.2) is 24.5 Å². The summed E-state index contributed by atoms with van der Waals surface area (Å²) >= 11 is 0. The summed E-state index contributed by atoms with van der Waals surface area (Å²) in [6.07, 6.45) is 5.60. The van der Waals surface area contributed by atoms with Crippen molar-refractivity contribution in [3.05, 3.63) is 52.6 Å². The quantitative estimate of drug-likeness (QED) is 0.900. The number of hydrogen-bond donors (Lipinski definition) is 1. The first-order valence-electron chi connectivity index (χ1n) is 9.17. The van der Waals surface area contributed by atoms with Gasteiger partial charge in [0, 0.05) is 37.1 Å². The van der Waals surface area contributed by atoms with Crippen molar-refractivity contribution in [3.63, 3.8) is 0 Å². The van der Waals surface area contributed by atoms with Crippen LogP contribution in [0.3, 0.4) is 0 Å². The number of nitrogens with one attached hydrogen (secondary N) is 1. The second-order valence-electron chi connectivity index (χ2n) is 8.04. The Morgan fingerprint density at radius 3 is 2.58 bits per heavy atom. The zero-order valence-electron chi connectivity index (χ0n) is 16.2. The summed E-state index contributed by atoms with van der Waals surface area (Å²) in [5, 5.41) is 0. The number of aromatic amines is 1. The van der Waals surface area contributed by atoms with Crippen LogP contribution in [-0.4, -0.2) is 33.6 Å². The molecule has 1 aliphatic rings. The number of H-pyrrole nitrogens is 1. The Labute approximate surface area is 154 Å². The zero-order valence-corrected chi connectivity index (χ0v) is 16.2. The van der Waals surface area contributed by atoms with E-state index in [2.05, 4.69) is 30.7 Å². The predicted octanol–water partition coefficient (Wildman–Crippen LogP) is 4.10. The highest BCUT2D eigenvalue weighted by Crippen LogP contribution is 2.37. The van der Waals surface area contributed by atoms with Crippen LogP contribution in [0.2, 0.25) is 0 Å². The number of hydrogen-bond acceptors (Lipinski definition) is 3. The van der Waals surface area contributed by atoms with E-state index >= 15 is 0 Å². The molecule has 138 valence electrons. The van der Waals surface area contributed by atoms with E-state index in [9.17, 15) is 9.59 Å². The number of pyridine rings is 1. The van der Waals surface area contributed by atoms with Gasteiger partial charge >= 0.3 is 0 Å². The molecule has 1 aliphatic carbocycles. The number of ketones is 1. The molecule has 5 heteroatoms. The fourth-order valence-corrected chi connectivity index (χ4v) is 4.08. The summed E-state index contributed by atoms with van der Waals surface area (Å²) in [5.74, 6) is 0.0547. The molecule has 0 unspecified atom stereocenters. The Hall–Kier alpha value is -2.43. The van der Waals surface area contributed by atoms with Gasteiger partial charge in [-0.25, -0.2) is 0 Å². The van der Waals surface area contributed by atoms with Crippen molar-refractivity contribution in [2.24, 2.45) is 5.41 Å². The first kappa shape index (κ1) is 18.4. The number of fused-ring (bicyclic) bond motifs is 1. The second kappa shape index (κ2) is 6.71. The molecule has 5 nitrogen and oxygen atoms in total. The maximum Gasteiger partial charge on any atom is 0.270 e. The number of nitrogens with zero attached hydrogens (tertiary/aromatic N) is 2. The van der Waals surface area contributed by atoms with Gasteiger partial charge in [-0.05, 0) is 48.4 Å². The van der Waals surface area contributed by atoms with Crippen LogP contribution >= 0.6 is 0 Å². The molecular weight excluding hydrogens is 326 g/mol. The lowest BCUT2D eigenvalue weighted by atomic mass is 9.75. The third-order valence-corrected chi connectivity index (χ3v) is 5.38. The maximum absolute atomic E-state index is 13.2. The molecule has 0 radical (unpaired) electrons. The smallest absolute Gasteiger partial charge is 0.270 e. The molecule has 0 saturated heterocycles. The normalized spacial score (nSPS) is 16.9. The summed E-state index contributed by atoms with van der Waals surface area (Å²) in [4.78, 5) is 34.9. The van der Waals surface area contributed by atoms with Crippen molar-refractivity contribution < 1.29 is 9.59 Å². The zero-order chi connectivity index (χ0) is 19.1. The molecule has 1 N–H and O–H groups in total. The molecule has 2 aromatic rings. The van der Waals surface area contributed by atoms with Crippen LogP contribution < -0.4 is 0 Å². The fraction of sp³-hybridized carbons (Fsp3) is 0.476. The number of carbonyl (C=O) groups is 2. The fourth-order valence-electron chi connectivity index (χ4n) is 4.08. The van der Waals surface area contributed by atoms with E-state index in [1.165, 1.54) is 0 Å². The SMILES string of the molecule is CC[C@H](c1ccncc1)N(C)C(=O)c1[nH]c2c(c1C)C(=O)CC(C)(C)C2. The topological polar surface area (TPSA) is 66.1 Å². The summed E-state index contributed by atoms with van der Waals surface area (Å²) < 4.78 is 0. The molecule has 0 aliphatic heterocycles. The van der Waals surface area contributed by atoms with Gasteiger partial charge in [0.2, 0.25) is 0 Å². The Morgan fingerprint density at radius 2 is 1.96 bits per heavy atom. The van der Waals surface area contributed by atoms with Crippen molar-refractivity contribution in [2.75, 3.05) is 7.05 Å². The highest BCUT2D eigenvalue weighted by Gasteiger charge is 2.36. The summed E-state index contributed by atoms with van der Waals surface area (Å²) in [5.41, 5.74) is 3.93. The number of carbonyl (C=O) groups excluding carboxylic acids is 2. The molecule has 0 saturated carbocycles. The number of amides is 1. The van der Waals surface area contributed by atoms with E-state index in [-0.39, 0.29) is 23.1 Å². The van der Waals surface area contributed by atoms with Crippen molar-refractivity contribution >= 4 is 11.7 Å². The molecular formula is C21H27N3O2. The van der Waals surface area contributed by atoms with Crippen LogP contribution in [0.4, 0.5) is 0 Å². The summed E-state index contributed by atoms with van der Waals surface area (Å²) in [6, 6.07) is 3.85. The third kappa shape index (κ3) is 3.18. The first-order valence-corrected chi connectivity index (χ1v) is 9.17. The van der Waals surface area contributed by atoms with Crippen LogP contribution in [0.1, 0.15) is 77.3 Å². The van der Waals surface area contributed by atoms with E-state index in [0.717, 1.165) is 35.2 Å². The average Bonchev–Trinajstić information content (AvgIpc) is 2.91.